The van der Waals surface area contributed by atoms with Gasteiger partial charge >= 0.3 is 0 Å². The fourth-order valence-electron chi connectivity index (χ4n) is 2.64. The van der Waals surface area contributed by atoms with Crippen LogP contribution in [0.2, 0.25) is 0 Å². The van der Waals surface area contributed by atoms with Gasteiger partial charge in [-0.05, 0) is 18.8 Å². The molecule has 23 heavy (non-hydrogen) atoms. The Morgan fingerprint density at radius 1 is 1.30 bits per heavy atom. The molecule has 1 aromatic rings. The van der Waals surface area contributed by atoms with Crippen LogP contribution in [-0.2, 0) is 9.59 Å². The SMILES string of the molecule is CC(C)c1csc(NC(=O)C2CCN(C(=O)C(C)(C)C)CC2)n1. The molecule has 128 valence electrons. The summed E-state index contributed by atoms with van der Waals surface area (Å²) >= 11 is 1.47. The first-order valence-electron chi connectivity index (χ1n) is 8.24. The molecule has 0 atom stereocenters. The molecule has 0 bridgehead atoms. The predicted octanol–water partition coefficient (Wildman–Crippen LogP) is 3.49. The van der Waals surface area contributed by atoms with Gasteiger partial charge in [-0.1, -0.05) is 34.6 Å². The number of piperidine rings is 1. The van der Waals surface area contributed by atoms with Gasteiger partial charge in [0, 0.05) is 29.8 Å². The van der Waals surface area contributed by atoms with E-state index in [0.29, 0.717) is 24.1 Å². The first kappa shape index (κ1) is 17.9. The van der Waals surface area contributed by atoms with Gasteiger partial charge in [0.05, 0.1) is 5.69 Å². The summed E-state index contributed by atoms with van der Waals surface area (Å²) in [4.78, 5) is 31.0. The highest BCUT2D eigenvalue weighted by atomic mass is 32.1. The first-order valence-corrected chi connectivity index (χ1v) is 9.12. The highest BCUT2D eigenvalue weighted by Gasteiger charge is 2.32. The third-order valence-corrected chi connectivity index (χ3v) is 4.91. The number of carbonyl (C=O) groups excluding carboxylic acids is 2. The van der Waals surface area contributed by atoms with Crippen molar-refractivity contribution >= 4 is 28.3 Å². The molecule has 2 heterocycles. The summed E-state index contributed by atoms with van der Waals surface area (Å²) in [7, 11) is 0. The van der Waals surface area contributed by atoms with Crippen molar-refractivity contribution in [2.45, 2.75) is 53.4 Å². The Kier molecular flexibility index (Phi) is 5.45. The van der Waals surface area contributed by atoms with E-state index in [2.05, 4.69) is 24.1 Å². The molecule has 0 radical (unpaired) electrons. The molecule has 6 heteroatoms. The molecule has 0 aromatic carbocycles. The van der Waals surface area contributed by atoms with Crippen LogP contribution in [0.4, 0.5) is 5.13 Å². The Morgan fingerprint density at radius 3 is 2.39 bits per heavy atom. The number of carbonyl (C=O) groups is 2. The Morgan fingerprint density at radius 2 is 1.91 bits per heavy atom. The molecule has 5 nitrogen and oxygen atoms in total. The minimum atomic E-state index is -0.358. The number of anilines is 1. The summed E-state index contributed by atoms with van der Waals surface area (Å²) in [5, 5.41) is 5.59. The quantitative estimate of drug-likeness (QED) is 0.918. The lowest BCUT2D eigenvalue weighted by Gasteiger charge is -2.35. The number of hydrogen-bond donors (Lipinski definition) is 1. The van der Waals surface area contributed by atoms with Crippen molar-refractivity contribution in [1.29, 1.82) is 0 Å². The smallest absolute Gasteiger partial charge is 0.229 e. The minimum absolute atomic E-state index is 0.0255. The summed E-state index contributed by atoms with van der Waals surface area (Å²) in [6.07, 6.45) is 1.44. The number of amides is 2. The molecule has 2 amide bonds. The zero-order valence-electron chi connectivity index (χ0n) is 14.7. The molecular weight excluding hydrogens is 310 g/mol. The number of likely N-dealkylation sites (tertiary alicyclic amines) is 1. The van der Waals surface area contributed by atoms with E-state index in [4.69, 9.17) is 0 Å². The third kappa shape index (κ3) is 4.53. The fraction of sp³-hybridized carbons (Fsp3) is 0.706. The van der Waals surface area contributed by atoms with Crippen molar-refractivity contribution < 1.29 is 9.59 Å². The number of nitrogens with one attached hydrogen (secondary N) is 1. The van der Waals surface area contributed by atoms with Gasteiger partial charge in [-0.15, -0.1) is 11.3 Å². The molecule has 1 aromatic heterocycles. The van der Waals surface area contributed by atoms with Crippen LogP contribution in [0, 0.1) is 11.3 Å². The maximum absolute atomic E-state index is 12.4. The van der Waals surface area contributed by atoms with Crippen LogP contribution in [0.1, 0.15) is 59.1 Å². The maximum atomic E-state index is 12.4. The maximum Gasteiger partial charge on any atom is 0.229 e. The van der Waals surface area contributed by atoms with Crippen LogP contribution < -0.4 is 5.32 Å². The number of rotatable bonds is 3. The molecule has 0 unspecified atom stereocenters. The number of hydrogen-bond acceptors (Lipinski definition) is 4. The molecule has 0 saturated carbocycles. The molecule has 1 aliphatic heterocycles. The lowest BCUT2D eigenvalue weighted by Crippen LogP contribution is -2.45. The van der Waals surface area contributed by atoms with Gasteiger partial charge in [-0.2, -0.15) is 0 Å². The van der Waals surface area contributed by atoms with Crippen molar-refractivity contribution in [2.75, 3.05) is 18.4 Å². The highest BCUT2D eigenvalue weighted by molar-refractivity contribution is 7.13. The van der Waals surface area contributed by atoms with Crippen molar-refractivity contribution in [3.05, 3.63) is 11.1 Å². The zero-order valence-corrected chi connectivity index (χ0v) is 15.5. The van der Waals surface area contributed by atoms with Crippen LogP contribution in [0.25, 0.3) is 0 Å². The summed E-state index contributed by atoms with van der Waals surface area (Å²) in [6.45, 7) is 11.3. The molecule has 0 aliphatic carbocycles. The lowest BCUT2D eigenvalue weighted by molar-refractivity contribution is -0.142. The number of aromatic nitrogens is 1. The molecule has 1 N–H and O–H groups in total. The molecule has 1 aliphatic rings. The van der Waals surface area contributed by atoms with E-state index in [1.807, 2.05) is 31.1 Å². The van der Waals surface area contributed by atoms with Gasteiger partial charge in [0.1, 0.15) is 0 Å². The van der Waals surface area contributed by atoms with Crippen molar-refractivity contribution in [1.82, 2.24) is 9.88 Å². The second-order valence-corrected chi connectivity index (χ2v) is 8.40. The third-order valence-electron chi connectivity index (χ3n) is 4.14. The summed E-state index contributed by atoms with van der Waals surface area (Å²) < 4.78 is 0. The Bertz CT molecular complexity index is 567. The zero-order chi connectivity index (χ0) is 17.2. The summed E-state index contributed by atoms with van der Waals surface area (Å²) in [6, 6.07) is 0. The second kappa shape index (κ2) is 6.99. The Hall–Kier alpha value is -1.43. The van der Waals surface area contributed by atoms with Crippen molar-refractivity contribution in [3.63, 3.8) is 0 Å². The number of thiazole rings is 1. The van der Waals surface area contributed by atoms with E-state index in [-0.39, 0.29) is 23.1 Å². The molecule has 2 rings (SSSR count). The standard InChI is InChI=1S/C17H27N3O2S/c1-11(2)13-10-23-16(18-13)19-14(21)12-6-8-20(9-7-12)15(22)17(3,4)5/h10-12H,6-9H2,1-5H3,(H,18,19,21). The topological polar surface area (TPSA) is 62.3 Å². The van der Waals surface area contributed by atoms with E-state index in [9.17, 15) is 9.59 Å². The van der Waals surface area contributed by atoms with Crippen LogP contribution in [-0.4, -0.2) is 34.8 Å². The Balaban J connectivity index is 1.87. The van der Waals surface area contributed by atoms with Crippen molar-refractivity contribution in [3.8, 4) is 0 Å². The average Bonchev–Trinajstić information content (AvgIpc) is 2.94. The summed E-state index contributed by atoms with van der Waals surface area (Å²) in [5.41, 5.74) is 0.652. The second-order valence-electron chi connectivity index (χ2n) is 7.54. The van der Waals surface area contributed by atoms with E-state index < -0.39 is 0 Å². The highest BCUT2D eigenvalue weighted by Crippen LogP contribution is 2.26. The lowest BCUT2D eigenvalue weighted by atomic mass is 9.91. The van der Waals surface area contributed by atoms with Gasteiger partial charge in [0.15, 0.2) is 5.13 Å². The van der Waals surface area contributed by atoms with Gasteiger partial charge in [0.2, 0.25) is 11.8 Å². The predicted molar refractivity (Wildman–Crippen MR) is 93.6 cm³/mol. The van der Waals surface area contributed by atoms with Gasteiger partial charge in [-0.3, -0.25) is 9.59 Å². The molecular formula is C17H27N3O2S. The number of nitrogens with zero attached hydrogens (tertiary/aromatic N) is 2. The van der Waals surface area contributed by atoms with Gasteiger partial charge in [0.25, 0.3) is 0 Å². The Labute approximate surface area is 142 Å². The van der Waals surface area contributed by atoms with E-state index >= 15 is 0 Å². The van der Waals surface area contributed by atoms with Gasteiger partial charge < -0.3 is 10.2 Å². The normalized spacial score (nSPS) is 16.7. The molecule has 1 saturated heterocycles. The van der Waals surface area contributed by atoms with Crippen molar-refractivity contribution in [2.24, 2.45) is 11.3 Å². The monoisotopic (exact) mass is 337 g/mol. The first-order chi connectivity index (χ1) is 10.7. The van der Waals surface area contributed by atoms with Crippen LogP contribution in [0.5, 0.6) is 0 Å². The summed E-state index contributed by atoms with van der Waals surface area (Å²) in [5.74, 6) is 0.518. The van der Waals surface area contributed by atoms with Crippen LogP contribution >= 0.6 is 11.3 Å². The molecule has 0 spiro atoms. The minimum Gasteiger partial charge on any atom is -0.342 e. The van der Waals surface area contributed by atoms with E-state index in [0.717, 1.165) is 18.5 Å². The largest absolute Gasteiger partial charge is 0.342 e. The van der Waals surface area contributed by atoms with Crippen LogP contribution in [0.3, 0.4) is 0 Å². The van der Waals surface area contributed by atoms with E-state index in [1.165, 1.54) is 11.3 Å². The average molecular weight is 337 g/mol. The van der Waals surface area contributed by atoms with Gasteiger partial charge in [-0.25, -0.2) is 4.98 Å². The van der Waals surface area contributed by atoms with E-state index in [1.54, 1.807) is 0 Å². The van der Waals surface area contributed by atoms with Crippen LogP contribution in [0.15, 0.2) is 5.38 Å². The molecule has 1 fully saturated rings. The fourth-order valence-corrected chi connectivity index (χ4v) is 3.51.